The Morgan fingerprint density at radius 2 is 1.92 bits per heavy atom. The predicted molar refractivity (Wildman–Crippen MR) is 103 cm³/mol. The number of nitrogen functional groups attached to an aromatic ring is 1. The Hall–Kier alpha value is -1.86. The maximum absolute atomic E-state index is 11.9. The van der Waals surface area contributed by atoms with Gasteiger partial charge in [0.1, 0.15) is 5.75 Å². The van der Waals surface area contributed by atoms with Crippen molar-refractivity contribution in [3.05, 3.63) is 56.5 Å². The molecule has 1 amide bonds. The number of hydrogen-bond acceptors (Lipinski definition) is 4. The standard InChI is InChI=1S/C17H17Br2N3O2/c1-10-7-13(18)8-15(19)17(10)24-9-16(23)22-21-11(2)12-3-5-14(20)6-4-12/h3-8H,9,20H2,1-2H3,(H,22,23). The van der Waals surface area contributed by atoms with Crippen LogP contribution in [-0.4, -0.2) is 18.2 Å². The van der Waals surface area contributed by atoms with Gasteiger partial charge in [-0.2, -0.15) is 5.10 Å². The Labute approximate surface area is 157 Å². The molecule has 0 unspecified atom stereocenters. The van der Waals surface area contributed by atoms with Gasteiger partial charge in [0.15, 0.2) is 6.61 Å². The maximum Gasteiger partial charge on any atom is 0.277 e. The summed E-state index contributed by atoms with van der Waals surface area (Å²) < 4.78 is 7.29. The molecule has 0 bridgehead atoms. The van der Waals surface area contributed by atoms with Gasteiger partial charge in [-0.1, -0.05) is 28.1 Å². The second kappa shape index (κ2) is 8.30. The minimum Gasteiger partial charge on any atom is -0.482 e. The predicted octanol–water partition coefficient (Wildman–Crippen LogP) is 4.02. The molecule has 7 heteroatoms. The average Bonchev–Trinajstić information content (AvgIpc) is 2.52. The minimum atomic E-state index is -0.334. The minimum absolute atomic E-state index is 0.125. The number of benzene rings is 2. The lowest BCUT2D eigenvalue weighted by molar-refractivity contribution is -0.123. The molecular formula is C17H17Br2N3O2. The fraction of sp³-hybridized carbons (Fsp3) is 0.176. The van der Waals surface area contributed by atoms with Crippen molar-refractivity contribution in [2.75, 3.05) is 12.3 Å². The highest BCUT2D eigenvalue weighted by Crippen LogP contribution is 2.32. The molecule has 3 N–H and O–H groups in total. The fourth-order valence-electron chi connectivity index (χ4n) is 1.98. The Bertz CT molecular complexity index is 751. The van der Waals surface area contributed by atoms with Gasteiger partial charge in [-0.15, -0.1) is 0 Å². The number of rotatable bonds is 5. The van der Waals surface area contributed by atoms with E-state index in [0.29, 0.717) is 17.1 Å². The number of aryl methyl sites for hydroxylation is 1. The summed E-state index contributed by atoms with van der Waals surface area (Å²) >= 11 is 6.83. The van der Waals surface area contributed by atoms with Gasteiger partial charge in [-0.3, -0.25) is 4.79 Å². The molecule has 0 saturated carbocycles. The summed E-state index contributed by atoms with van der Waals surface area (Å²) in [7, 11) is 0. The molecular weight excluding hydrogens is 438 g/mol. The summed E-state index contributed by atoms with van der Waals surface area (Å²) in [5.41, 5.74) is 11.3. The van der Waals surface area contributed by atoms with Gasteiger partial charge in [-0.25, -0.2) is 5.43 Å². The van der Waals surface area contributed by atoms with Crippen LogP contribution in [0.15, 0.2) is 50.4 Å². The molecule has 0 radical (unpaired) electrons. The number of hydrogen-bond donors (Lipinski definition) is 2. The molecule has 0 atom stereocenters. The molecule has 24 heavy (non-hydrogen) atoms. The zero-order valence-corrected chi connectivity index (χ0v) is 16.4. The van der Waals surface area contributed by atoms with Crippen LogP contribution in [0.1, 0.15) is 18.1 Å². The molecule has 0 heterocycles. The Morgan fingerprint density at radius 3 is 2.54 bits per heavy atom. The number of ether oxygens (including phenoxy) is 1. The van der Waals surface area contributed by atoms with Gasteiger partial charge >= 0.3 is 0 Å². The molecule has 0 aliphatic carbocycles. The van der Waals surface area contributed by atoms with Crippen LogP contribution in [0.25, 0.3) is 0 Å². The van der Waals surface area contributed by atoms with Crippen LogP contribution in [0.4, 0.5) is 5.69 Å². The van der Waals surface area contributed by atoms with Crippen molar-refractivity contribution in [3.63, 3.8) is 0 Å². The number of amides is 1. The molecule has 0 aromatic heterocycles. The van der Waals surface area contributed by atoms with Crippen LogP contribution in [0.2, 0.25) is 0 Å². The second-order valence-corrected chi connectivity index (χ2v) is 6.95. The number of nitrogens with zero attached hydrogens (tertiary/aromatic N) is 1. The van der Waals surface area contributed by atoms with Crippen molar-refractivity contribution in [3.8, 4) is 5.75 Å². The topological polar surface area (TPSA) is 76.7 Å². The summed E-state index contributed by atoms with van der Waals surface area (Å²) in [6.07, 6.45) is 0. The smallest absolute Gasteiger partial charge is 0.277 e. The Kier molecular flexibility index (Phi) is 6.39. The number of hydrazone groups is 1. The van der Waals surface area contributed by atoms with E-state index >= 15 is 0 Å². The van der Waals surface area contributed by atoms with E-state index in [1.165, 1.54) is 0 Å². The van der Waals surface area contributed by atoms with Crippen molar-refractivity contribution in [1.82, 2.24) is 5.43 Å². The molecule has 0 saturated heterocycles. The third-order valence-electron chi connectivity index (χ3n) is 3.22. The molecule has 0 spiro atoms. The number of carbonyl (C=O) groups excluding carboxylic acids is 1. The van der Waals surface area contributed by atoms with Gasteiger partial charge < -0.3 is 10.5 Å². The van der Waals surface area contributed by atoms with E-state index in [-0.39, 0.29) is 12.5 Å². The number of halogens is 2. The largest absolute Gasteiger partial charge is 0.482 e. The first-order chi connectivity index (χ1) is 11.4. The monoisotopic (exact) mass is 453 g/mol. The normalized spacial score (nSPS) is 11.2. The highest BCUT2D eigenvalue weighted by Gasteiger charge is 2.09. The molecule has 2 aromatic carbocycles. The second-order valence-electron chi connectivity index (χ2n) is 5.18. The first-order valence-corrected chi connectivity index (χ1v) is 8.73. The van der Waals surface area contributed by atoms with Crippen molar-refractivity contribution < 1.29 is 9.53 Å². The van der Waals surface area contributed by atoms with Gasteiger partial charge in [0.05, 0.1) is 10.2 Å². The average molecular weight is 455 g/mol. The third kappa shape index (κ3) is 5.07. The van der Waals surface area contributed by atoms with Gasteiger partial charge in [0.25, 0.3) is 5.91 Å². The maximum atomic E-state index is 11.9. The summed E-state index contributed by atoms with van der Waals surface area (Å²) in [4.78, 5) is 11.9. The first kappa shape index (κ1) is 18.5. The van der Waals surface area contributed by atoms with E-state index in [1.807, 2.05) is 38.1 Å². The SMILES string of the molecule is CC(=NNC(=O)COc1c(C)cc(Br)cc1Br)c1ccc(N)cc1. The molecule has 126 valence electrons. The van der Waals surface area contributed by atoms with Crippen LogP contribution in [0.5, 0.6) is 5.75 Å². The van der Waals surface area contributed by atoms with Gasteiger partial charge in [-0.05, 0) is 65.2 Å². The highest BCUT2D eigenvalue weighted by atomic mass is 79.9. The quantitative estimate of drug-likeness (QED) is 0.407. The van der Waals surface area contributed by atoms with Crippen molar-refractivity contribution in [2.45, 2.75) is 13.8 Å². The number of nitrogens with one attached hydrogen (secondary N) is 1. The highest BCUT2D eigenvalue weighted by molar-refractivity contribution is 9.11. The zero-order valence-electron chi connectivity index (χ0n) is 13.3. The number of anilines is 1. The number of carbonyl (C=O) groups is 1. The van der Waals surface area contributed by atoms with Crippen LogP contribution in [0.3, 0.4) is 0 Å². The summed E-state index contributed by atoms with van der Waals surface area (Å²) in [6, 6.07) is 11.0. The first-order valence-electron chi connectivity index (χ1n) is 7.14. The van der Waals surface area contributed by atoms with Crippen LogP contribution in [0, 0.1) is 6.92 Å². The van der Waals surface area contributed by atoms with Crippen molar-refractivity contribution in [1.29, 1.82) is 0 Å². The molecule has 0 aliphatic heterocycles. The molecule has 2 rings (SSSR count). The van der Waals surface area contributed by atoms with Crippen LogP contribution < -0.4 is 15.9 Å². The third-order valence-corrected chi connectivity index (χ3v) is 4.27. The lowest BCUT2D eigenvalue weighted by Crippen LogP contribution is -2.25. The summed E-state index contributed by atoms with van der Waals surface area (Å²) in [5.74, 6) is 0.298. The van der Waals surface area contributed by atoms with E-state index < -0.39 is 0 Å². The van der Waals surface area contributed by atoms with Crippen molar-refractivity contribution in [2.24, 2.45) is 5.10 Å². The van der Waals surface area contributed by atoms with Crippen LogP contribution in [-0.2, 0) is 4.79 Å². The summed E-state index contributed by atoms with van der Waals surface area (Å²) in [6.45, 7) is 3.59. The van der Waals surface area contributed by atoms with Crippen molar-refractivity contribution >= 4 is 49.2 Å². The van der Waals surface area contributed by atoms with E-state index in [2.05, 4.69) is 42.4 Å². The number of nitrogens with two attached hydrogens (primary N) is 1. The van der Waals surface area contributed by atoms with E-state index in [4.69, 9.17) is 10.5 Å². The van der Waals surface area contributed by atoms with Crippen LogP contribution >= 0.6 is 31.9 Å². The van der Waals surface area contributed by atoms with E-state index in [0.717, 1.165) is 20.1 Å². The van der Waals surface area contributed by atoms with Gasteiger partial charge in [0.2, 0.25) is 0 Å². The lowest BCUT2D eigenvalue weighted by Gasteiger charge is -2.11. The molecule has 0 fully saturated rings. The van der Waals surface area contributed by atoms with E-state index in [9.17, 15) is 4.79 Å². The summed E-state index contributed by atoms with van der Waals surface area (Å²) in [5, 5.41) is 4.07. The molecule has 2 aromatic rings. The van der Waals surface area contributed by atoms with E-state index in [1.54, 1.807) is 12.1 Å². The molecule has 0 aliphatic rings. The fourth-order valence-corrected chi connectivity index (χ4v) is 3.53. The molecule has 5 nitrogen and oxygen atoms in total. The lowest BCUT2D eigenvalue weighted by atomic mass is 10.1. The Morgan fingerprint density at radius 1 is 1.25 bits per heavy atom. The van der Waals surface area contributed by atoms with Gasteiger partial charge in [0, 0.05) is 10.2 Å². The zero-order chi connectivity index (χ0) is 17.7. The Balaban J connectivity index is 1.94.